The lowest BCUT2D eigenvalue weighted by molar-refractivity contribution is -0.250. The third-order valence-corrected chi connectivity index (χ3v) is 17.0. The van der Waals surface area contributed by atoms with Crippen LogP contribution in [0.2, 0.25) is 0 Å². The van der Waals surface area contributed by atoms with Crippen molar-refractivity contribution in [2.75, 3.05) is 20.1 Å². The van der Waals surface area contributed by atoms with E-state index in [0.717, 1.165) is 51.6 Å². The van der Waals surface area contributed by atoms with Crippen LogP contribution in [0.5, 0.6) is 0 Å². The van der Waals surface area contributed by atoms with E-state index in [1.54, 1.807) is 0 Å². The number of allylic oxidation sites excluding steroid dienone is 1. The van der Waals surface area contributed by atoms with Crippen molar-refractivity contribution in [1.82, 2.24) is 10.2 Å². The summed E-state index contributed by atoms with van der Waals surface area (Å²) in [5, 5.41) is 12.8. The highest BCUT2D eigenvalue weighted by molar-refractivity contribution is 5.77. The van der Waals surface area contributed by atoms with Gasteiger partial charge in [-0.3, -0.25) is 14.4 Å². The number of esters is 1. The van der Waals surface area contributed by atoms with Gasteiger partial charge in [-0.15, -0.1) is 0 Å². The molecule has 11 atom stereocenters. The highest BCUT2D eigenvalue weighted by Gasteiger charge is 2.71. The molecule has 1 aliphatic heterocycles. The van der Waals surface area contributed by atoms with Crippen molar-refractivity contribution in [3.63, 3.8) is 0 Å². The number of carboxylic acid groups (broad SMARTS) is 1. The molecular formula is C43H70N2O5. The Morgan fingerprint density at radius 2 is 1.60 bits per heavy atom. The largest absolute Gasteiger partial charge is 0.481 e. The zero-order valence-corrected chi connectivity index (χ0v) is 33.1. The number of carbonyl (C=O) groups is 3. The summed E-state index contributed by atoms with van der Waals surface area (Å²) in [4.78, 5) is 40.7. The van der Waals surface area contributed by atoms with E-state index in [4.69, 9.17) is 4.74 Å². The number of fused-ring (bicyclic) bond motifs is 7. The Balaban J connectivity index is 1.22. The molecule has 5 aliphatic carbocycles. The first kappa shape index (κ1) is 37.9. The number of carboxylic acids is 1. The number of carbonyl (C=O) groups excluding carboxylic acids is 2. The average Bonchev–Trinajstić information content (AvgIpc) is 3.57. The van der Waals surface area contributed by atoms with Crippen LogP contribution >= 0.6 is 0 Å². The molecule has 0 aromatic rings. The molecule has 282 valence electrons. The summed E-state index contributed by atoms with van der Waals surface area (Å²) in [7, 11) is 2.15. The fourth-order valence-corrected chi connectivity index (χ4v) is 14.5. The van der Waals surface area contributed by atoms with Gasteiger partial charge in [0.05, 0.1) is 12.8 Å². The van der Waals surface area contributed by atoms with Crippen LogP contribution in [0, 0.1) is 62.1 Å². The van der Waals surface area contributed by atoms with Crippen molar-refractivity contribution in [2.24, 2.45) is 62.1 Å². The summed E-state index contributed by atoms with van der Waals surface area (Å²) in [6, 6.07) is 0.284. The van der Waals surface area contributed by atoms with Gasteiger partial charge in [0, 0.05) is 24.4 Å². The maximum Gasteiger partial charge on any atom is 0.306 e. The third-order valence-electron chi connectivity index (χ3n) is 17.0. The summed E-state index contributed by atoms with van der Waals surface area (Å²) in [5.41, 5.74) is 1.21. The second-order valence-corrected chi connectivity index (χ2v) is 20.8. The van der Waals surface area contributed by atoms with E-state index in [-0.39, 0.29) is 63.9 Å². The number of hydrogen-bond acceptors (Lipinski definition) is 5. The highest BCUT2D eigenvalue weighted by atomic mass is 16.5. The maximum atomic E-state index is 13.8. The summed E-state index contributed by atoms with van der Waals surface area (Å²) in [6.45, 7) is 25.1. The number of ether oxygens (including phenoxy) is 1. The summed E-state index contributed by atoms with van der Waals surface area (Å²) < 4.78 is 6.28. The molecule has 6 fully saturated rings. The van der Waals surface area contributed by atoms with Crippen LogP contribution in [0.3, 0.4) is 0 Å². The molecule has 50 heavy (non-hydrogen) atoms. The van der Waals surface area contributed by atoms with Gasteiger partial charge in [0.25, 0.3) is 0 Å². The number of rotatable bonds is 9. The van der Waals surface area contributed by atoms with Crippen molar-refractivity contribution in [3.05, 3.63) is 12.2 Å². The lowest BCUT2D eigenvalue weighted by atomic mass is 9.32. The van der Waals surface area contributed by atoms with E-state index in [2.05, 4.69) is 65.4 Å². The van der Waals surface area contributed by atoms with Crippen LogP contribution in [-0.4, -0.2) is 60.1 Å². The Morgan fingerprint density at radius 3 is 2.24 bits per heavy atom. The molecule has 1 heterocycles. The number of likely N-dealkylation sites (N-methyl/N-ethyl adjacent to an activating group) is 1. The van der Waals surface area contributed by atoms with Crippen molar-refractivity contribution in [1.29, 1.82) is 0 Å². The van der Waals surface area contributed by atoms with Gasteiger partial charge < -0.3 is 20.1 Å². The Kier molecular flexibility index (Phi) is 9.77. The predicted molar refractivity (Wildman–Crippen MR) is 198 cm³/mol. The van der Waals surface area contributed by atoms with E-state index in [1.807, 2.05) is 13.8 Å². The van der Waals surface area contributed by atoms with Crippen LogP contribution in [-0.2, 0) is 19.1 Å². The first-order valence-corrected chi connectivity index (χ1v) is 20.2. The van der Waals surface area contributed by atoms with E-state index in [9.17, 15) is 19.5 Å². The topological polar surface area (TPSA) is 95.9 Å². The minimum absolute atomic E-state index is 0.0442. The van der Waals surface area contributed by atoms with E-state index in [1.165, 1.54) is 37.7 Å². The molecule has 1 amide bonds. The monoisotopic (exact) mass is 695 g/mol. The molecule has 6 rings (SSSR count). The first-order valence-electron chi connectivity index (χ1n) is 20.2. The van der Waals surface area contributed by atoms with Gasteiger partial charge in [0.15, 0.2) is 0 Å². The smallest absolute Gasteiger partial charge is 0.306 e. The second kappa shape index (κ2) is 12.9. The van der Waals surface area contributed by atoms with Gasteiger partial charge in [-0.1, -0.05) is 60.6 Å². The number of aliphatic carboxylic acids is 1. The predicted octanol–water partition coefficient (Wildman–Crippen LogP) is 8.66. The van der Waals surface area contributed by atoms with Gasteiger partial charge in [-0.05, 0) is 148 Å². The molecule has 7 heteroatoms. The van der Waals surface area contributed by atoms with Crippen LogP contribution in [0.15, 0.2) is 12.2 Å². The molecule has 0 unspecified atom stereocenters. The Labute approximate surface area is 303 Å². The molecule has 0 bridgehead atoms. The average molecular weight is 695 g/mol. The van der Waals surface area contributed by atoms with E-state index < -0.39 is 11.4 Å². The number of likely N-dealkylation sites (tertiary alicyclic amines) is 1. The summed E-state index contributed by atoms with van der Waals surface area (Å²) >= 11 is 0. The summed E-state index contributed by atoms with van der Waals surface area (Å²) in [6.07, 6.45) is 13.1. The number of nitrogens with zero attached hydrogens (tertiary/aromatic N) is 1. The SMILES string of the molecule is C=C(C)[C@@H]1CC[C@]2(CC(=O)N[C@@H]3CCN(C)C3)CC[C@]3(C)[C@H](CC[C@@H]4[C@@]5(C)CC[C@H](OC(=O)CC(C)(C)CC(=O)O)C(C)(C)[C@@H]5CC[C@]43C)[C@@H]12. The zero-order valence-electron chi connectivity index (χ0n) is 33.1. The molecule has 5 saturated carbocycles. The van der Waals surface area contributed by atoms with Crippen molar-refractivity contribution in [3.8, 4) is 0 Å². The molecule has 2 N–H and O–H groups in total. The lowest BCUT2D eigenvalue weighted by Gasteiger charge is -2.73. The molecule has 0 radical (unpaired) electrons. The molecule has 1 saturated heterocycles. The normalized spacial score (nSPS) is 43.9. The van der Waals surface area contributed by atoms with Crippen LogP contribution in [0.25, 0.3) is 0 Å². The van der Waals surface area contributed by atoms with Crippen molar-refractivity contribution in [2.45, 2.75) is 157 Å². The van der Waals surface area contributed by atoms with Crippen LogP contribution in [0.4, 0.5) is 0 Å². The van der Waals surface area contributed by atoms with Crippen LogP contribution < -0.4 is 5.32 Å². The number of nitrogens with one attached hydrogen (secondary N) is 1. The Hall–Kier alpha value is -1.89. The lowest BCUT2D eigenvalue weighted by Crippen LogP contribution is -2.67. The van der Waals surface area contributed by atoms with Gasteiger partial charge in [-0.25, -0.2) is 0 Å². The minimum atomic E-state index is -0.880. The Bertz CT molecular complexity index is 1370. The fourth-order valence-electron chi connectivity index (χ4n) is 14.5. The van der Waals surface area contributed by atoms with Gasteiger partial charge in [-0.2, -0.15) is 0 Å². The molecular weight excluding hydrogens is 624 g/mol. The van der Waals surface area contributed by atoms with Gasteiger partial charge in [0.2, 0.25) is 5.91 Å². The zero-order chi connectivity index (χ0) is 36.7. The van der Waals surface area contributed by atoms with Crippen molar-refractivity contribution >= 4 is 17.8 Å². The first-order chi connectivity index (χ1) is 23.2. The van der Waals surface area contributed by atoms with Gasteiger partial charge in [0.1, 0.15) is 6.10 Å². The van der Waals surface area contributed by atoms with E-state index >= 15 is 0 Å². The highest BCUT2D eigenvalue weighted by Crippen LogP contribution is 2.78. The van der Waals surface area contributed by atoms with E-state index in [0.29, 0.717) is 36.0 Å². The third kappa shape index (κ3) is 6.19. The Morgan fingerprint density at radius 1 is 0.880 bits per heavy atom. The standard InChI is InChI=1S/C43H70N2O5/c1-27(2)29-13-19-43(23-34(46)44-28-16-22-45(10)26-28)21-20-41(8)30(37(29)43)11-12-32-40(7)17-15-33(39(5,6)31(40)14-18-42(32,41)9)50-36(49)25-38(3,4)24-35(47)48/h28-33,37H,1,11-26H2,2-10H3,(H,44,46)(H,47,48)/t28-,29+,30-,31+,32-,33+,37-,40+,41-,42-,43-/m1/s1. The molecule has 0 aromatic carbocycles. The number of amides is 1. The van der Waals surface area contributed by atoms with Crippen molar-refractivity contribution < 1.29 is 24.2 Å². The number of hydrogen-bond donors (Lipinski definition) is 2. The van der Waals surface area contributed by atoms with Gasteiger partial charge >= 0.3 is 11.9 Å². The minimum Gasteiger partial charge on any atom is -0.481 e. The molecule has 0 aromatic heterocycles. The molecule has 6 aliphatic rings. The fraction of sp³-hybridized carbons (Fsp3) is 0.884. The van der Waals surface area contributed by atoms with Crippen LogP contribution in [0.1, 0.15) is 145 Å². The molecule has 0 spiro atoms. The quantitative estimate of drug-likeness (QED) is 0.185. The second-order valence-electron chi connectivity index (χ2n) is 20.8. The molecule has 7 nitrogen and oxygen atoms in total. The maximum absolute atomic E-state index is 13.8. The summed E-state index contributed by atoms with van der Waals surface area (Å²) in [5.74, 6) is 1.84.